The topological polar surface area (TPSA) is 85.9 Å². The first kappa shape index (κ1) is 19.6. The van der Waals surface area contributed by atoms with E-state index < -0.39 is 0 Å². The summed E-state index contributed by atoms with van der Waals surface area (Å²) in [5.74, 6) is -0.189. The molecule has 0 atom stereocenters. The van der Waals surface area contributed by atoms with E-state index in [0.717, 1.165) is 21.3 Å². The molecule has 0 bridgehead atoms. The summed E-state index contributed by atoms with van der Waals surface area (Å²) in [7, 11) is 1.81. The second kappa shape index (κ2) is 7.73. The first-order valence-corrected chi connectivity index (χ1v) is 10.3. The maximum Gasteiger partial charge on any atom is 0.298 e. The van der Waals surface area contributed by atoms with Crippen LogP contribution in [0.3, 0.4) is 0 Å². The van der Waals surface area contributed by atoms with E-state index >= 15 is 0 Å². The van der Waals surface area contributed by atoms with Gasteiger partial charge in [0.1, 0.15) is 5.52 Å². The maximum absolute atomic E-state index is 13.8. The minimum atomic E-state index is -0.385. The molecule has 8 nitrogen and oxygen atoms in total. The number of carbonyl (C=O) groups is 1. The van der Waals surface area contributed by atoms with E-state index in [1.165, 1.54) is 12.4 Å². The minimum absolute atomic E-state index is 0.112. The maximum atomic E-state index is 13.8. The van der Waals surface area contributed by atoms with E-state index in [0.29, 0.717) is 17.4 Å². The van der Waals surface area contributed by atoms with E-state index in [1.54, 1.807) is 15.5 Å². The third-order valence-electron chi connectivity index (χ3n) is 5.51. The molecule has 32 heavy (non-hydrogen) atoms. The van der Waals surface area contributed by atoms with Crippen molar-refractivity contribution in [2.45, 2.75) is 6.92 Å². The largest absolute Gasteiger partial charge is 0.339 e. The zero-order valence-electron chi connectivity index (χ0n) is 17.6. The smallest absolute Gasteiger partial charge is 0.298 e. The summed E-state index contributed by atoms with van der Waals surface area (Å²) in [6.07, 6.45) is 3.07. The van der Waals surface area contributed by atoms with Crippen molar-refractivity contribution < 1.29 is 4.79 Å². The molecule has 0 aliphatic carbocycles. The third-order valence-corrected chi connectivity index (χ3v) is 5.51. The summed E-state index contributed by atoms with van der Waals surface area (Å²) in [4.78, 5) is 37.3. The fraction of sp³-hybridized carbons (Fsp3) is 0.125. The monoisotopic (exact) mass is 424 g/mol. The Kier molecular flexibility index (Phi) is 4.74. The van der Waals surface area contributed by atoms with Crippen LogP contribution in [0.25, 0.3) is 27.8 Å². The number of aryl methyl sites for hydroxylation is 1. The van der Waals surface area contributed by atoms with E-state index in [1.807, 2.05) is 68.6 Å². The van der Waals surface area contributed by atoms with Gasteiger partial charge in [-0.05, 0) is 31.2 Å². The van der Waals surface area contributed by atoms with Gasteiger partial charge in [-0.1, -0.05) is 36.4 Å². The number of hydrogen-bond acceptors (Lipinski definition) is 5. The lowest BCUT2D eigenvalue weighted by atomic mass is 10.1. The van der Waals surface area contributed by atoms with Gasteiger partial charge in [0.05, 0.1) is 0 Å². The van der Waals surface area contributed by atoms with Crippen LogP contribution in [0.5, 0.6) is 0 Å². The Hall–Kier alpha value is -4.33. The van der Waals surface area contributed by atoms with Gasteiger partial charge in [-0.25, -0.2) is 9.97 Å². The molecular formula is C24H20N6O2. The van der Waals surface area contributed by atoms with Gasteiger partial charge < -0.3 is 9.47 Å². The first-order valence-electron chi connectivity index (χ1n) is 10.3. The number of benzene rings is 2. The molecular weight excluding hydrogens is 404 g/mol. The lowest BCUT2D eigenvalue weighted by molar-refractivity contribution is 0.0983. The zero-order chi connectivity index (χ0) is 22.2. The number of carbonyl (C=O) groups excluding carboxylic acids is 1. The molecule has 0 N–H and O–H groups in total. The van der Waals surface area contributed by atoms with Crippen LogP contribution in [-0.4, -0.2) is 36.8 Å². The quantitative estimate of drug-likeness (QED) is 0.442. The van der Waals surface area contributed by atoms with Crippen molar-refractivity contribution in [2.24, 2.45) is 7.05 Å². The lowest BCUT2D eigenvalue weighted by Gasteiger charge is -2.21. The number of hydrogen-bond donors (Lipinski definition) is 0. The normalized spacial score (nSPS) is 11.2. The van der Waals surface area contributed by atoms with Gasteiger partial charge in [-0.2, -0.15) is 9.78 Å². The van der Waals surface area contributed by atoms with Crippen LogP contribution in [0.4, 0.5) is 5.69 Å². The van der Waals surface area contributed by atoms with Crippen LogP contribution in [0.2, 0.25) is 0 Å². The highest BCUT2D eigenvalue weighted by molar-refractivity contribution is 6.20. The molecule has 3 heterocycles. The number of rotatable bonds is 4. The predicted octanol–water partition coefficient (Wildman–Crippen LogP) is 3.33. The second-order valence-electron chi connectivity index (χ2n) is 7.30. The Morgan fingerprint density at radius 2 is 1.66 bits per heavy atom. The summed E-state index contributed by atoms with van der Waals surface area (Å²) < 4.78 is 2.90. The highest BCUT2D eigenvalue weighted by atomic mass is 16.2. The van der Waals surface area contributed by atoms with Crippen molar-refractivity contribution in [1.29, 1.82) is 0 Å². The predicted molar refractivity (Wildman–Crippen MR) is 123 cm³/mol. The number of amides is 1. The van der Waals surface area contributed by atoms with Crippen molar-refractivity contribution in [3.8, 4) is 5.95 Å². The molecule has 0 fully saturated rings. The Bertz CT molecular complexity index is 1510. The van der Waals surface area contributed by atoms with Crippen LogP contribution in [0, 0.1) is 0 Å². The van der Waals surface area contributed by atoms with Crippen LogP contribution in [0.1, 0.15) is 17.4 Å². The summed E-state index contributed by atoms with van der Waals surface area (Å²) in [6, 6.07) is 18.7. The van der Waals surface area contributed by atoms with Crippen molar-refractivity contribution in [1.82, 2.24) is 24.3 Å². The Morgan fingerprint density at radius 3 is 2.38 bits per heavy atom. The van der Waals surface area contributed by atoms with Gasteiger partial charge in [0.25, 0.3) is 17.4 Å². The molecule has 0 unspecified atom stereocenters. The van der Waals surface area contributed by atoms with E-state index in [9.17, 15) is 9.59 Å². The molecule has 0 spiro atoms. The van der Waals surface area contributed by atoms with Gasteiger partial charge in [0.15, 0.2) is 5.69 Å². The standard InChI is InChI=1S/C24H20N6O2/c1-3-29(16-10-5-4-6-11-16)22(31)20-19-17-12-7-8-13-18(17)28(2)21(19)23(32)30(27-20)24-25-14-9-15-26-24/h4-15H,3H2,1-2H3. The molecule has 158 valence electrons. The number of nitrogens with zero attached hydrogens (tertiary/aromatic N) is 6. The highest BCUT2D eigenvalue weighted by Crippen LogP contribution is 2.29. The summed E-state index contributed by atoms with van der Waals surface area (Å²) in [6.45, 7) is 2.35. The minimum Gasteiger partial charge on any atom is -0.339 e. The van der Waals surface area contributed by atoms with E-state index in [2.05, 4.69) is 15.1 Å². The molecule has 0 aliphatic heterocycles. The fourth-order valence-electron chi connectivity index (χ4n) is 4.04. The van der Waals surface area contributed by atoms with Crippen molar-refractivity contribution in [3.63, 3.8) is 0 Å². The molecule has 8 heteroatoms. The van der Waals surface area contributed by atoms with Crippen molar-refractivity contribution >= 4 is 33.4 Å². The van der Waals surface area contributed by atoms with Crippen molar-refractivity contribution in [3.05, 3.63) is 89.1 Å². The molecule has 0 radical (unpaired) electrons. The Balaban J connectivity index is 1.87. The van der Waals surface area contributed by atoms with Crippen LogP contribution in [-0.2, 0) is 7.05 Å². The molecule has 0 saturated carbocycles. The van der Waals surface area contributed by atoms with Gasteiger partial charge >= 0.3 is 0 Å². The van der Waals surface area contributed by atoms with E-state index in [-0.39, 0.29) is 23.1 Å². The highest BCUT2D eigenvalue weighted by Gasteiger charge is 2.27. The number of para-hydroxylation sites is 2. The molecule has 5 aromatic rings. The molecule has 0 aliphatic rings. The van der Waals surface area contributed by atoms with Crippen LogP contribution in [0.15, 0.2) is 77.9 Å². The molecule has 3 aromatic heterocycles. The lowest BCUT2D eigenvalue weighted by Crippen LogP contribution is -2.34. The van der Waals surface area contributed by atoms with Gasteiger partial charge in [-0.3, -0.25) is 9.59 Å². The van der Waals surface area contributed by atoms with Crippen LogP contribution >= 0.6 is 0 Å². The summed E-state index contributed by atoms with van der Waals surface area (Å²) in [5.41, 5.74) is 1.76. The van der Waals surface area contributed by atoms with Crippen LogP contribution < -0.4 is 10.5 Å². The number of fused-ring (bicyclic) bond motifs is 3. The SMILES string of the molecule is CCN(C(=O)c1nn(-c2ncccn2)c(=O)c2c1c1ccccc1n2C)c1ccccc1. The first-order chi connectivity index (χ1) is 15.6. The Labute approximate surface area is 183 Å². The number of anilines is 1. The van der Waals surface area contributed by atoms with Gasteiger partial charge in [0, 0.05) is 48.0 Å². The number of aromatic nitrogens is 5. The molecule has 2 aromatic carbocycles. The average molecular weight is 424 g/mol. The molecule has 5 rings (SSSR count). The second-order valence-corrected chi connectivity index (χ2v) is 7.30. The van der Waals surface area contributed by atoms with Crippen molar-refractivity contribution in [2.75, 3.05) is 11.4 Å². The summed E-state index contributed by atoms with van der Waals surface area (Å²) >= 11 is 0. The molecule has 1 amide bonds. The molecule has 0 saturated heterocycles. The fourth-order valence-corrected chi connectivity index (χ4v) is 4.04. The van der Waals surface area contributed by atoms with Gasteiger partial charge in [0.2, 0.25) is 0 Å². The third kappa shape index (κ3) is 2.96. The average Bonchev–Trinajstić information content (AvgIpc) is 3.14. The zero-order valence-corrected chi connectivity index (χ0v) is 17.6. The summed E-state index contributed by atoms with van der Waals surface area (Å²) in [5, 5.41) is 5.83. The van der Waals surface area contributed by atoms with Gasteiger partial charge in [-0.15, -0.1) is 0 Å². The van der Waals surface area contributed by atoms with E-state index in [4.69, 9.17) is 0 Å². The Morgan fingerprint density at radius 1 is 0.969 bits per heavy atom.